The molecule has 0 bridgehead atoms. The summed E-state index contributed by atoms with van der Waals surface area (Å²) in [6, 6.07) is 4.64. The van der Waals surface area contributed by atoms with Crippen LogP contribution in [0.1, 0.15) is 84.7 Å². The molecule has 0 spiro atoms. The van der Waals surface area contributed by atoms with Crippen LogP contribution in [0.2, 0.25) is 0 Å². The Bertz CT molecular complexity index is 811. The SMILES string of the molecule is CCCCCN(C(=O)C(CCSC)NC(=O)OC(C)(C)C)C(C(=O)NCCCC)c1ccc(O)cc1. The number of hydrogen-bond donors (Lipinski definition) is 3. The minimum Gasteiger partial charge on any atom is -0.508 e. The number of rotatable bonds is 15. The lowest BCUT2D eigenvalue weighted by atomic mass is 10.0. The maximum absolute atomic E-state index is 14.0. The maximum Gasteiger partial charge on any atom is 0.408 e. The average molecular weight is 524 g/mol. The fraction of sp³-hybridized carbons (Fsp3) is 0.667. The Morgan fingerprint density at radius 2 is 1.69 bits per heavy atom. The van der Waals surface area contributed by atoms with Gasteiger partial charge in [-0.2, -0.15) is 11.8 Å². The number of phenolic OH excluding ortho intramolecular Hbond substituents is 1. The lowest BCUT2D eigenvalue weighted by Gasteiger charge is -2.34. The third-order valence-corrected chi connectivity index (χ3v) is 6.13. The van der Waals surface area contributed by atoms with E-state index < -0.39 is 23.8 Å². The zero-order valence-corrected chi connectivity index (χ0v) is 23.6. The molecule has 0 saturated carbocycles. The number of carbonyl (C=O) groups excluding carboxylic acids is 3. The van der Waals surface area contributed by atoms with E-state index in [9.17, 15) is 19.5 Å². The van der Waals surface area contributed by atoms with Gasteiger partial charge in [0.05, 0.1) is 0 Å². The van der Waals surface area contributed by atoms with Crippen molar-refractivity contribution in [1.29, 1.82) is 0 Å². The van der Waals surface area contributed by atoms with E-state index in [2.05, 4.69) is 17.6 Å². The number of phenols is 1. The summed E-state index contributed by atoms with van der Waals surface area (Å²) in [6.45, 7) is 10.3. The molecule has 0 fully saturated rings. The van der Waals surface area contributed by atoms with Gasteiger partial charge in [0.25, 0.3) is 0 Å². The fourth-order valence-electron chi connectivity index (χ4n) is 3.66. The smallest absolute Gasteiger partial charge is 0.408 e. The average Bonchev–Trinajstić information content (AvgIpc) is 2.80. The molecule has 0 heterocycles. The molecule has 2 atom stereocenters. The first-order valence-corrected chi connectivity index (χ1v) is 14.3. The summed E-state index contributed by atoms with van der Waals surface area (Å²) >= 11 is 1.58. The van der Waals surface area contributed by atoms with Crippen LogP contribution in [0.15, 0.2) is 24.3 Å². The van der Waals surface area contributed by atoms with Crippen molar-refractivity contribution in [1.82, 2.24) is 15.5 Å². The van der Waals surface area contributed by atoms with Crippen LogP contribution in [0.5, 0.6) is 5.75 Å². The quantitative estimate of drug-likeness (QED) is 0.279. The number of nitrogens with one attached hydrogen (secondary N) is 2. The standard InChI is InChI=1S/C27H45N3O5S/c1-7-9-11-18-30(25(33)22(16-19-36-6)29-26(34)35-27(3,4)5)23(24(32)28-17-10-8-2)20-12-14-21(31)15-13-20/h12-15,22-23,31H,7-11,16-19H2,1-6H3,(H,28,32)(H,29,34). The van der Waals surface area contributed by atoms with Gasteiger partial charge >= 0.3 is 6.09 Å². The first-order valence-electron chi connectivity index (χ1n) is 12.9. The van der Waals surface area contributed by atoms with E-state index in [1.165, 1.54) is 12.1 Å². The van der Waals surface area contributed by atoms with E-state index in [4.69, 9.17) is 4.74 Å². The number of ether oxygens (including phenoxy) is 1. The highest BCUT2D eigenvalue weighted by molar-refractivity contribution is 7.98. The molecule has 1 aromatic rings. The molecule has 0 aliphatic carbocycles. The molecule has 8 nitrogen and oxygen atoms in total. The molecular formula is C27H45N3O5S. The van der Waals surface area contributed by atoms with Crippen molar-refractivity contribution < 1.29 is 24.2 Å². The van der Waals surface area contributed by atoms with Gasteiger partial charge < -0.3 is 25.4 Å². The van der Waals surface area contributed by atoms with Crippen molar-refractivity contribution in [2.24, 2.45) is 0 Å². The molecule has 1 aromatic carbocycles. The molecule has 0 aliphatic rings. The largest absolute Gasteiger partial charge is 0.508 e. The summed E-state index contributed by atoms with van der Waals surface area (Å²) in [7, 11) is 0. The van der Waals surface area contributed by atoms with Crippen LogP contribution in [0.25, 0.3) is 0 Å². The maximum atomic E-state index is 14.0. The highest BCUT2D eigenvalue weighted by Gasteiger charge is 2.35. The van der Waals surface area contributed by atoms with Crippen LogP contribution in [0.3, 0.4) is 0 Å². The van der Waals surface area contributed by atoms with Gasteiger partial charge in [-0.3, -0.25) is 9.59 Å². The van der Waals surface area contributed by atoms with Gasteiger partial charge in [-0.05, 0) is 69.7 Å². The second-order valence-electron chi connectivity index (χ2n) is 9.86. The molecular weight excluding hydrogens is 478 g/mol. The summed E-state index contributed by atoms with van der Waals surface area (Å²) < 4.78 is 5.41. The van der Waals surface area contributed by atoms with Gasteiger partial charge in [-0.1, -0.05) is 45.2 Å². The van der Waals surface area contributed by atoms with Gasteiger partial charge in [0.2, 0.25) is 11.8 Å². The molecule has 0 aliphatic heterocycles. The van der Waals surface area contributed by atoms with E-state index in [-0.39, 0.29) is 17.6 Å². The predicted molar refractivity (Wildman–Crippen MR) is 146 cm³/mol. The Kier molecular flexibility index (Phi) is 14.4. The Labute approximate surface area is 220 Å². The zero-order chi connectivity index (χ0) is 27.1. The first-order chi connectivity index (χ1) is 17.0. The number of aromatic hydroxyl groups is 1. The number of benzene rings is 1. The zero-order valence-electron chi connectivity index (χ0n) is 22.8. The third kappa shape index (κ3) is 11.5. The summed E-state index contributed by atoms with van der Waals surface area (Å²) in [5.74, 6) is 0.133. The van der Waals surface area contributed by atoms with Crippen LogP contribution in [-0.4, -0.2) is 64.7 Å². The van der Waals surface area contributed by atoms with Crippen molar-refractivity contribution in [3.05, 3.63) is 29.8 Å². The summed E-state index contributed by atoms with van der Waals surface area (Å²) in [6.07, 6.45) is 6.02. The Hall–Kier alpha value is -2.42. The van der Waals surface area contributed by atoms with Crippen LogP contribution in [0, 0.1) is 0 Å². The molecule has 204 valence electrons. The number of unbranched alkanes of at least 4 members (excludes halogenated alkanes) is 3. The number of hydrogen-bond acceptors (Lipinski definition) is 6. The molecule has 36 heavy (non-hydrogen) atoms. The van der Waals surface area contributed by atoms with Crippen LogP contribution in [-0.2, 0) is 14.3 Å². The van der Waals surface area contributed by atoms with Crippen LogP contribution < -0.4 is 10.6 Å². The number of amides is 3. The van der Waals surface area contributed by atoms with Crippen molar-refractivity contribution >= 4 is 29.7 Å². The lowest BCUT2D eigenvalue weighted by Crippen LogP contribution is -2.53. The monoisotopic (exact) mass is 523 g/mol. The number of carbonyl (C=O) groups is 3. The lowest BCUT2D eigenvalue weighted by molar-refractivity contribution is -0.142. The predicted octanol–water partition coefficient (Wildman–Crippen LogP) is 5.01. The topological polar surface area (TPSA) is 108 Å². The van der Waals surface area contributed by atoms with E-state index in [0.717, 1.165) is 32.1 Å². The van der Waals surface area contributed by atoms with Gasteiger partial charge in [-0.25, -0.2) is 4.79 Å². The second-order valence-corrected chi connectivity index (χ2v) is 10.8. The van der Waals surface area contributed by atoms with Gasteiger partial charge in [0.1, 0.15) is 23.4 Å². The summed E-state index contributed by atoms with van der Waals surface area (Å²) in [5.41, 5.74) is -0.0984. The van der Waals surface area contributed by atoms with Crippen molar-refractivity contribution in [2.45, 2.75) is 90.8 Å². The Morgan fingerprint density at radius 3 is 2.25 bits per heavy atom. The summed E-state index contributed by atoms with van der Waals surface area (Å²) in [4.78, 5) is 41.6. The highest BCUT2D eigenvalue weighted by atomic mass is 32.2. The number of alkyl carbamates (subject to hydrolysis) is 1. The Morgan fingerprint density at radius 1 is 1.06 bits per heavy atom. The molecule has 3 amide bonds. The van der Waals surface area contributed by atoms with Crippen molar-refractivity contribution in [3.8, 4) is 5.75 Å². The van der Waals surface area contributed by atoms with Gasteiger partial charge in [0, 0.05) is 13.1 Å². The third-order valence-electron chi connectivity index (χ3n) is 5.48. The van der Waals surface area contributed by atoms with E-state index in [1.54, 1.807) is 49.6 Å². The molecule has 1 rings (SSSR count). The van der Waals surface area contributed by atoms with Crippen molar-refractivity contribution in [3.63, 3.8) is 0 Å². The normalized spacial score (nSPS) is 12.9. The molecule has 3 N–H and O–H groups in total. The molecule has 0 aromatic heterocycles. The van der Waals surface area contributed by atoms with Gasteiger partial charge in [0.15, 0.2) is 0 Å². The first kappa shape index (κ1) is 31.6. The second kappa shape index (κ2) is 16.3. The summed E-state index contributed by atoms with van der Waals surface area (Å²) in [5, 5.41) is 15.5. The van der Waals surface area contributed by atoms with Gasteiger partial charge in [-0.15, -0.1) is 0 Å². The number of nitrogens with zero attached hydrogens (tertiary/aromatic N) is 1. The van der Waals surface area contributed by atoms with Crippen molar-refractivity contribution in [2.75, 3.05) is 25.1 Å². The van der Waals surface area contributed by atoms with E-state index >= 15 is 0 Å². The molecule has 9 heteroatoms. The minimum absolute atomic E-state index is 0.0807. The molecule has 0 radical (unpaired) electrons. The number of thioether (sulfide) groups is 1. The van der Waals surface area contributed by atoms with Crippen LogP contribution in [0.4, 0.5) is 4.79 Å². The highest BCUT2D eigenvalue weighted by Crippen LogP contribution is 2.26. The van der Waals surface area contributed by atoms with E-state index in [0.29, 0.717) is 30.8 Å². The molecule has 2 unspecified atom stereocenters. The Balaban J connectivity index is 3.38. The molecule has 0 saturated heterocycles. The van der Waals surface area contributed by atoms with Crippen LogP contribution >= 0.6 is 11.8 Å². The fourth-order valence-corrected chi connectivity index (χ4v) is 4.13. The van der Waals surface area contributed by atoms with E-state index in [1.807, 2.05) is 13.2 Å². The minimum atomic E-state index is -0.885.